The molecule has 0 N–H and O–H groups in total. The quantitative estimate of drug-likeness (QED) is 0.474. The van der Waals surface area contributed by atoms with Crippen molar-refractivity contribution in [2.24, 2.45) is 0 Å². The van der Waals surface area contributed by atoms with Crippen LogP contribution in [0.2, 0.25) is 0 Å². The first-order valence-electron chi connectivity index (χ1n) is 1.69. The van der Waals surface area contributed by atoms with Crippen molar-refractivity contribution in [2.75, 3.05) is 14.2 Å². The van der Waals surface area contributed by atoms with Gasteiger partial charge in [-0.3, -0.25) is 4.31 Å². The van der Waals surface area contributed by atoms with E-state index in [0.29, 0.717) is 0 Å². The first kappa shape index (κ1) is 6.62. The molecule has 0 radical (unpaired) electrons. The molecule has 0 saturated carbocycles. The molecular weight excluding hydrogens is 114 g/mol. The van der Waals surface area contributed by atoms with E-state index in [1.165, 1.54) is 14.2 Å². The summed E-state index contributed by atoms with van der Waals surface area (Å²) < 4.78 is 5.28. The highest BCUT2D eigenvalue weighted by Gasteiger charge is 1.98. The van der Waals surface area contributed by atoms with Crippen molar-refractivity contribution >= 4 is 18.9 Å². The Balaban J connectivity index is 3.35. The Labute approximate surface area is 47.8 Å². The number of thiol groups is 1. The van der Waals surface area contributed by atoms with Crippen LogP contribution in [0.4, 0.5) is 4.79 Å². The van der Waals surface area contributed by atoms with Gasteiger partial charge in [-0.2, -0.15) is 0 Å². The molecule has 4 heteroatoms. The molecule has 0 bridgehead atoms. The van der Waals surface area contributed by atoms with Crippen LogP contribution in [0, 0.1) is 0 Å². The van der Waals surface area contributed by atoms with Crippen molar-refractivity contribution in [3.8, 4) is 0 Å². The maximum Gasteiger partial charge on any atom is 0.419 e. The lowest BCUT2D eigenvalue weighted by atomic mass is 11.1. The largest absolute Gasteiger partial charge is 0.452 e. The summed E-state index contributed by atoms with van der Waals surface area (Å²) in [7, 11) is 2.80. The van der Waals surface area contributed by atoms with Crippen molar-refractivity contribution < 1.29 is 9.53 Å². The fourth-order valence-corrected chi connectivity index (χ4v) is 0.214. The summed E-state index contributed by atoms with van der Waals surface area (Å²) in [6, 6.07) is 0. The van der Waals surface area contributed by atoms with Crippen LogP contribution in [0.5, 0.6) is 0 Å². The monoisotopic (exact) mass is 121 g/mol. The van der Waals surface area contributed by atoms with E-state index in [1.807, 2.05) is 0 Å². The van der Waals surface area contributed by atoms with E-state index < -0.39 is 6.09 Å². The third-order valence-corrected chi connectivity index (χ3v) is 0.602. The maximum atomic E-state index is 10.1. The zero-order valence-electron chi connectivity index (χ0n) is 4.21. The number of carbonyl (C=O) groups is 1. The fraction of sp³-hybridized carbons (Fsp3) is 0.667. The molecule has 0 fully saturated rings. The molecule has 0 aromatic heterocycles. The summed E-state index contributed by atoms with van der Waals surface area (Å²) >= 11 is 3.63. The first-order valence-corrected chi connectivity index (χ1v) is 2.09. The standard InChI is InChI=1S/C3H7NO2S/c1-4(7)3(5)6-2/h7H,1-2H3. The molecular formula is C3H7NO2S. The molecule has 1 amide bonds. The Morgan fingerprint density at radius 1 is 1.86 bits per heavy atom. The lowest BCUT2D eigenvalue weighted by Crippen LogP contribution is -2.15. The summed E-state index contributed by atoms with van der Waals surface area (Å²) in [5, 5.41) is 0. The summed E-state index contributed by atoms with van der Waals surface area (Å²) in [6.45, 7) is 0. The number of hydrogen-bond donors (Lipinski definition) is 1. The van der Waals surface area contributed by atoms with E-state index in [2.05, 4.69) is 17.6 Å². The lowest BCUT2D eigenvalue weighted by Gasteiger charge is -2.03. The van der Waals surface area contributed by atoms with Gasteiger partial charge in [0.25, 0.3) is 0 Å². The van der Waals surface area contributed by atoms with Gasteiger partial charge >= 0.3 is 6.09 Å². The second-order valence-electron chi connectivity index (χ2n) is 0.994. The number of nitrogens with zero attached hydrogens (tertiary/aromatic N) is 1. The zero-order valence-corrected chi connectivity index (χ0v) is 5.11. The highest BCUT2D eigenvalue weighted by molar-refractivity contribution is 7.78. The minimum atomic E-state index is -0.455. The average molecular weight is 121 g/mol. The number of methoxy groups -OCH3 is 1. The molecule has 0 aromatic rings. The van der Waals surface area contributed by atoms with Crippen LogP contribution in [-0.4, -0.2) is 24.6 Å². The smallest absolute Gasteiger partial charge is 0.419 e. The molecule has 0 rings (SSSR count). The normalized spacial score (nSPS) is 7.86. The van der Waals surface area contributed by atoms with Crippen molar-refractivity contribution in [1.29, 1.82) is 0 Å². The predicted molar refractivity (Wildman–Crippen MR) is 29.2 cm³/mol. The second-order valence-corrected chi connectivity index (χ2v) is 1.59. The molecule has 0 heterocycles. The fourth-order valence-electron chi connectivity index (χ4n) is 0.132. The molecule has 3 nitrogen and oxygen atoms in total. The number of rotatable bonds is 0. The van der Waals surface area contributed by atoms with Gasteiger partial charge in [-0.1, -0.05) is 12.8 Å². The second kappa shape index (κ2) is 2.74. The first-order chi connectivity index (χ1) is 3.18. The van der Waals surface area contributed by atoms with Gasteiger partial charge in [0.15, 0.2) is 0 Å². The Morgan fingerprint density at radius 2 is 2.29 bits per heavy atom. The van der Waals surface area contributed by atoms with Gasteiger partial charge in [0.05, 0.1) is 7.11 Å². The Kier molecular flexibility index (Phi) is 2.59. The summed E-state index contributed by atoms with van der Waals surface area (Å²) in [5.41, 5.74) is 0. The number of amides is 1. The third kappa shape index (κ3) is 2.33. The molecule has 0 spiro atoms. The molecule has 0 aliphatic rings. The van der Waals surface area contributed by atoms with Crippen LogP contribution in [-0.2, 0) is 4.74 Å². The van der Waals surface area contributed by atoms with Crippen LogP contribution in [0.1, 0.15) is 0 Å². The molecule has 42 valence electrons. The Morgan fingerprint density at radius 3 is 2.29 bits per heavy atom. The van der Waals surface area contributed by atoms with Gasteiger partial charge in [-0.15, -0.1) is 0 Å². The van der Waals surface area contributed by atoms with E-state index in [1.54, 1.807) is 0 Å². The number of hydrogen-bond acceptors (Lipinski definition) is 3. The number of ether oxygens (including phenoxy) is 1. The number of carbonyl (C=O) groups excluding carboxylic acids is 1. The molecule has 0 aliphatic carbocycles. The van der Waals surface area contributed by atoms with Gasteiger partial charge in [-0.25, -0.2) is 4.79 Å². The van der Waals surface area contributed by atoms with E-state index in [9.17, 15) is 4.79 Å². The Hall–Kier alpha value is -0.380. The van der Waals surface area contributed by atoms with Crippen LogP contribution in [0.3, 0.4) is 0 Å². The lowest BCUT2D eigenvalue weighted by molar-refractivity contribution is 0.157. The van der Waals surface area contributed by atoms with Crippen LogP contribution < -0.4 is 0 Å². The zero-order chi connectivity index (χ0) is 5.86. The minimum absolute atomic E-state index is 0.455. The highest BCUT2D eigenvalue weighted by Crippen LogP contribution is 1.88. The van der Waals surface area contributed by atoms with Gasteiger partial charge in [-0.05, 0) is 0 Å². The predicted octanol–water partition coefficient (Wildman–Crippen LogP) is 0.529. The molecule has 0 saturated heterocycles. The van der Waals surface area contributed by atoms with E-state index in [0.717, 1.165) is 4.31 Å². The molecule has 0 aromatic carbocycles. The molecule has 7 heavy (non-hydrogen) atoms. The van der Waals surface area contributed by atoms with Gasteiger partial charge < -0.3 is 4.74 Å². The van der Waals surface area contributed by atoms with Gasteiger partial charge in [0, 0.05) is 7.05 Å². The third-order valence-electron chi connectivity index (χ3n) is 0.439. The minimum Gasteiger partial charge on any atom is -0.452 e. The van der Waals surface area contributed by atoms with Crippen LogP contribution in [0.25, 0.3) is 0 Å². The van der Waals surface area contributed by atoms with Gasteiger partial charge in [0.1, 0.15) is 0 Å². The van der Waals surface area contributed by atoms with E-state index in [4.69, 9.17) is 0 Å². The van der Waals surface area contributed by atoms with Crippen molar-refractivity contribution in [3.05, 3.63) is 0 Å². The van der Waals surface area contributed by atoms with E-state index >= 15 is 0 Å². The van der Waals surface area contributed by atoms with Crippen LogP contribution in [0.15, 0.2) is 0 Å². The summed E-state index contributed by atoms with van der Waals surface area (Å²) in [4.78, 5) is 10.1. The summed E-state index contributed by atoms with van der Waals surface area (Å²) in [5.74, 6) is 0. The highest BCUT2D eigenvalue weighted by atomic mass is 32.1. The average Bonchev–Trinajstić information content (AvgIpc) is 1.65. The van der Waals surface area contributed by atoms with Crippen molar-refractivity contribution in [2.45, 2.75) is 0 Å². The molecule has 0 unspecified atom stereocenters. The van der Waals surface area contributed by atoms with E-state index in [-0.39, 0.29) is 0 Å². The Bertz CT molecular complexity index is 73.3. The summed E-state index contributed by atoms with van der Waals surface area (Å²) in [6.07, 6.45) is -0.455. The molecule has 0 aliphatic heterocycles. The van der Waals surface area contributed by atoms with Crippen LogP contribution >= 0.6 is 12.8 Å². The SMILES string of the molecule is COC(=O)N(C)S. The maximum absolute atomic E-state index is 10.1. The topological polar surface area (TPSA) is 29.5 Å². The van der Waals surface area contributed by atoms with Crippen molar-refractivity contribution in [1.82, 2.24) is 4.31 Å². The molecule has 0 atom stereocenters. The van der Waals surface area contributed by atoms with Crippen molar-refractivity contribution in [3.63, 3.8) is 0 Å². The van der Waals surface area contributed by atoms with Gasteiger partial charge in [0.2, 0.25) is 0 Å².